The number of hydrogen-bond acceptors (Lipinski definition) is 2. The van der Waals surface area contributed by atoms with Gasteiger partial charge in [-0.15, -0.1) is 0 Å². The highest BCUT2D eigenvalue weighted by molar-refractivity contribution is 5.82. The first-order chi connectivity index (χ1) is 6.84. The third-order valence-electron chi connectivity index (χ3n) is 3.37. The summed E-state index contributed by atoms with van der Waals surface area (Å²) in [5.74, 6) is 0.982. The second-order valence-electron chi connectivity index (χ2n) is 4.23. The fourth-order valence-electron chi connectivity index (χ4n) is 2.68. The van der Waals surface area contributed by atoms with Gasteiger partial charge >= 0.3 is 0 Å². The van der Waals surface area contributed by atoms with Gasteiger partial charge in [0.2, 0.25) is 0 Å². The molecule has 0 amide bonds. The summed E-state index contributed by atoms with van der Waals surface area (Å²) in [5, 5.41) is 3.45. The molecule has 2 atom stereocenters. The van der Waals surface area contributed by atoms with Crippen molar-refractivity contribution in [1.82, 2.24) is 0 Å². The topological polar surface area (TPSA) is 29.1 Å². The van der Waals surface area contributed by atoms with Gasteiger partial charge in [0, 0.05) is 30.5 Å². The Morgan fingerprint density at radius 3 is 3.07 bits per heavy atom. The van der Waals surface area contributed by atoms with Gasteiger partial charge in [-0.1, -0.05) is 18.2 Å². The third kappa shape index (κ3) is 1.07. The summed E-state index contributed by atoms with van der Waals surface area (Å²) in [6.07, 6.45) is 2.49. The Kier molecular flexibility index (Phi) is 1.63. The zero-order valence-corrected chi connectivity index (χ0v) is 7.99. The first-order valence-corrected chi connectivity index (χ1v) is 5.22. The maximum Gasteiger partial charge on any atom is 0.134 e. The van der Waals surface area contributed by atoms with Crippen LogP contribution in [-0.4, -0.2) is 11.8 Å². The van der Waals surface area contributed by atoms with E-state index in [0.717, 1.165) is 12.8 Å². The average molecular weight is 187 g/mol. The first kappa shape index (κ1) is 8.04. The van der Waals surface area contributed by atoms with Crippen LogP contribution in [0.5, 0.6) is 0 Å². The highest BCUT2D eigenvalue weighted by atomic mass is 16.1. The van der Waals surface area contributed by atoms with Gasteiger partial charge < -0.3 is 5.32 Å². The molecule has 0 saturated heterocycles. The molecule has 0 aromatic heterocycles. The van der Waals surface area contributed by atoms with Gasteiger partial charge in [-0.3, -0.25) is 4.79 Å². The minimum absolute atomic E-state index is 0.369. The first-order valence-electron chi connectivity index (χ1n) is 5.22. The lowest BCUT2D eigenvalue weighted by Crippen LogP contribution is -2.29. The molecule has 0 bridgehead atoms. The van der Waals surface area contributed by atoms with E-state index in [9.17, 15) is 4.79 Å². The average Bonchev–Trinajstić information content (AvgIpc) is 2.54. The summed E-state index contributed by atoms with van der Waals surface area (Å²) in [4.78, 5) is 11.3. The summed E-state index contributed by atoms with van der Waals surface area (Å²) in [7, 11) is 0. The van der Waals surface area contributed by atoms with Crippen LogP contribution in [0, 0.1) is 0 Å². The lowest BCUT2D eigenvalue weighted by molar-refractivity contribution is -0.120. The van der Waals surface area contributed by atoms with E-state index >= 15 is 0 Å². The third-order valence-corrected chi connectivity index (χ3v) is 3.37. The van der Waals surface area contributed by atoms with Gasteiger partial charge in [-0.05, 0) is 18.1 Å². The number of benzene rings is 1. The van der Waals surface area contributed by atoms with E-state index in [-0.39, 0.29) is 0 Å². The van der Waals surface area contributed by atoms with Crippen LogP contribution >= 0.6 is 0 Å². The molecule has 1 fully saturated rings. The van der Waals surface area contributed by atoms with Crippen LogP contribution in [0.2, 0.25) is 0 Å². The van der Waals surface area contributed by atoms with E-state index in [2.05, 4.69) is 23.5 Å². The Bertz CT molecular complexity index is 386. The maximum absolute atomic E-state index is 11.3. The predicted octanol–water partition coefficient (Wildman–Crippen LogP) is 2.32. The van der Waals surface area contributed by atoms with E-state index in [4.69, 9.17) is 0 Å². The van der Waals surface area contributed by atoms with Crippen LogP contribution in [0.25, 0.3) is 0 Å². The van der Waals surface area contributed by atoms with Gasteiger partial charge in [-0.25, -0.2) is 0 Å². The Morgan fingerprint density at radius 2 is 2.14 bits per heavy atom. The van der Waals surface area contributed by atoms with Gasteiger partial charge in [0.15, 0.2) is 0 Å². The Morgan fingerprint density at radius 1 is 1.29 bits per heavy atom. The van der Waals surface area contributed by atoms with E-state index in [1.54, 1.807) is 0 Å². The maximum atomic E-state index is 11.3. The molecule has 2 aliphatic rings. The molecule has 72 valence electrons. The van der Waals surface area contributed by atoms with Crippen LogP contribution in [0.1, 0.15) is 30.7 Å². The van der Waals surface area contributed by atoms with E-state index in [1.807, 2.05) is 6.07 Å². The van der Waals surface area contributed by atoms with Crippen molar-refractivity contribution in [3.05, 3.63) is 29.8 Å². The van der Waals surface area contributed by atoms with Crippen molar-refractivity contribution in [2.75, 3.05) is 5.32 Å². The van der Waals surface area contributed by atoms with Crippen molar-refractivity contribution in [2.45, 2.75) is 31.2 Å². The lowest BCUT2D eigenvalue weighted by Gasteiger charge is -2.24. The SMILES string of the molecule is O=C1CC[C@H]2c3ccccc3N[C@H]2C1. The highest BCUT2D eigenvalue weighted by Gasteiger charge is 2.36. The monoisotopic (exact) mass is 187 g/mol. The standard InChI is InChI=1S/C12H13NO/c14-8-5-6-10-9-3-1-2-4-11(9)13-12(10)7-8/h1-4,10,12-13H,5-7H2/t10-,12-/m0/s1. The number of Topliss-reactive ketones (excluding diaryl/α,β-unsaturated/α-hetero) is 1. The molecule has 3 rings (SSSR count). The molecule has 2 heteroatoms. The second kappa shape index (κ2) is 2.84. The van der Waals surface area contributed by atoms with Crippen LogP contribution < -0.4 is 5.32 Å². The van der Waals surface area contributed by atoms with Crippen LogP contribution in [0.4, 0.5) is 5.69 Å². The largest absolute Gasteiger partial charge is 0.381 e. The molecule has 1 aliphatic heterocycles. The van der Waals surface area contributed by atoms with Gasteiger partial charge in [0.05, 0.1) is 0 Å². The zero-order valence-electron chi connectivity index (χ0n) is 7.99. The van der Waals surface area contributed by atoms with Crippen molar-refractivity contribution in [3.8, 4) is 0 Å². The molecule has 0 radical (unpaired) electrons. The van der Waals surface area contributed by atoms with Crippen LogP contribution in [0.3, 0.4) is 0 Å². The summed E-state index contributed by atoms with van der Waals surface area (Å²) in [6, 6.07) is 8.79. The van der Waals surface area contributed by atoms with Crippen molar-refractivity contribution < 1.29 is 4.79 Å². The quantitative estimate of drug-likeness (QED) is 0.675. The van der Waals surface area contributed by atoms with E-state index < -0.39 is 0 Å². The Hall–Kier alpha value is -1.31. The number of fused-ring (bicyclic) bond motifs is 3. The number of rotatable bonds is 0. The number of carbonyl (C=O) groups excluding carboxylic acids is 1. The molecule has 0 unspecified atom stereocenters. The van der Waals surface area contributed by atoms with Gasteiger partial charge in [0.25, 0.3) is 0 Å². The van der Waals surface area contributed by atoms with Crippen molar-refractivity contribution in [2.24, 2.45) is 0 Å². The minimum atomic E-state index is 0.369. The number of hydrogen-bond donors (Lipinski definition) is 1. The lowest BCUT2D eigenvalue weighted by atomic mass is 9.82. The Balaban J connectivity index is 1.98. The number of nitrogens with one attached hydrogen (secondary N) is 1. The highest BCUT2D eigenvalue weighted by Crippen LogP contribution is 2.42. The summed E-state index contributed by atoms with van der Waals surface area (Å²) in [6.45, 7) is 0. The molecule has 1 aromatic carbocycles. The fourth-order valence-corrected chi connectivity index (χ4v) is 2.68. The molecular formula is C12H13NO. The molecule has 1 saturated carbocycles. The molecule has 14 heavy (non-hydrogen) atoms. The summed E-state index contributed by atoms with van der Waals surface area (Å²) < 4.78 is 0. The number of ketones is 1. The fraction of sp³-hybridized carbons (Fsp3) is 0.417. The molecule has 1 N–H and O–H groups in total. The van der Waals surface area contributed by atoms with E-state index in [1.165, 1.54) is 11.3 Å². The predicted molar refractivity (Wildman–Crippen MR) is 55.5 cm³/mol. The molecule has 0 spiro atoms. The molecule has 2 nitrogen and oxygen atoms in total. The second-order valence-corrected chi connectivity index (χ2v) is 4.23. The normalized spacial score (nSPS) is 29.3. The number of carbonyl (C=O) groups is 1. The van der Waals surface area contributed by atoms with E-state index in [0.29, 0.717) is 24.2 Å². The van der Waals surface area contributed by atoms with Crippen molar-refractivity contribution >= 4 is 11.5 Å². The van der Waals surface area contributed by atoms with Crippen molar-refractivity contribution in [3.63, 3.8) is 0 Å². The number of para-hydroxylation sites is 1. The summed E-state index contributed by atoms with van der Waals surface area (Å²) in [5.41, 5.74) is 2.64. The molecular weight excluding hydrogens is 174 g/mol. The van der Waals surface area contributed by atoms with Crippen LogP contribution in [0.15, 0.2) is 24.3 Å². The molecule has 1 aromatic rings. The Labute approximate surface area is 83.3 Å². The smallest absolute Gasteiger partial charge is 0.134 e. The molecule has 1 aliphatic carbocycles. The van der Waals surface area contributed by atoms with Crippen LogP contribution in [-0.2, 0) is 4.79 Å². The zero-order chi connectivity index (χ0) is 9.54. The van der Waals surface area contributed by atoms with Gasteiger partial charge in [-0.2, -0.15) is 0 Å². The number of anilines is 1. The van der Waals surface area contributed by atoms with Gasteiger partial charge in [0.1, 0.15) is 5.78 Å². The van der Waals surface area contributed by atoms with Crippen molar-refractivity contribution in [1.29, 1.82) is 0 Å². The molecule has 1 heterocycles. The summed E-state index contributed by atoms with van der Waals surface area (Å²) >= 11 is 0. The minimum Gasteiger partial charge on any atom is -0.381 e.